The molecular formula is C13H11F3OS. The molecule has 0 amide bonds. The van der Waals surface area contributed by atoms with Crippen LogP contribution in [0, 0.1) is 0 Å². The van der Waals surface area contributed by atoms with Crippen molar-refractivity contribution in [1.29, 1.82) is 0 Å². The standard InChI is InChI=1S/C13H11F3OS/c1-17-11-6-5-9(13(14,15)16)8-10(11)12-4-2-3-7-18-12/h2-6,8H,7H2,1H3. The topological polar surface area (TPSA) is 9.23 Å². The summed E-state index contributed by atoms with van der Waals surface area (Å²) in [6.07, 6.45) is 1.25. The van der Waals surface area contributed by atoms with Crippen LogP contribution >= 0.6 is 11.8 Å². The molecule has 1 aliphatic rings. The van der Waals surface area contributed by atoms with E-state index in [1.54, 1.807) is 6.08 Å². The predicted octanol–water partition coefficient (Wildman–Crippen LogP) is 4.36. The predicted molar refractivity (Wildman–Crippen MR) is 67.6 cm³/mol. The Balaban J connectivity index is 2.49. The fraction of sp³-hybridized carbons (Fsp3) is 0.231. The molecule has 0 saturated heterocycles. The van der Waals surface area contributed by atoms with Gasteiger partial charge in [0, 0.05) is 16.2 Å². The van der Waals surface area contributed by atoms with Gasteiger partial charge in [0.25, 0.3) is 0 Å². The van der Waals surface area contributed by atoms with Gasteiger partial charge in [-0.05, 0) is 24.3 Å². The molecule has 0 atom stereocenters. The number of hydrogen-bond acceptors (Lipinski definition) is 2. The van der Waals surface area contributed by atoms with Gasteiger partial charge in [-0.1, -0.05) is 12.2 Å². The van der Waals surface area contributed by atoms with Crippen molar-refractivity contribution in [3.05, 3.63) is 47.6 Å². The minimum atomic E-state index is -4.34. The lowest BCUT2D eigenvalue weighted by molar-refractivity contribution is -0.137. The molecule has 0 fully saturated rings. The van der Waals surface area contributed by atoms with Crippen LogP contribution in [0.15, 0.2) is 36.4 Å². The van der Waals surface area contributed by atoms with Gasteiger partial charge in [0.05, 0.1) is 12.7 Å². The zero-order valence-corrected chi connectivity index (χ0v) is 10.4. The first-order valence-corrected chi connectivity index (χ1v) is 6.26. The number of halogens is 3. The van der Waals surface area contributed by atoms with Crippen LogP contribution in [-0.2, 0) is 6.18 Å². The van der Waals surface area contributed by atoms with Gasteiger partial charge < -0.3 is 4.74 Å². The second kappa shape index (κ2) is 5.10. The molecule has 0 aliphatic carbocycles. The Morgan fingerprint density at radius 2 is 2.06 bits per heavy atom. The summed E-state index contributed by atoms with van der Waals surface area (Å²) in [5.41, 5.74) is -0.170. The largest absolute Gasteiger partial charge is 0.496 e. The second-order valence-corrected chi connectivity index (χ2v) is 4.74. The molecule has 0 bridgehead atoms. The third kappa shape index (κ3) is 2.72. The lowest BCUT2D eigenvalue weighted by Gasteiger charge is -2.15. The normalized spacial score (nSPS) is 15.4. The van der Waals surface area contributed by atoms with E-state index in [1.807, 2.05) is 12.2 Å². The van der Waals surface area contributed by atoms with Gasteiger partial charge in [-0.2, -0.15) is 13.2 Å². The van der Waals surface area contributed by atoms with Crippen LogP contribution in [0.25, 0.3) is 4.91 Å². The molecule has 0 radical (unpaired) electrons. The molecule has 0 unspecified atom stereocenters. The van der Waals surface area contributed by atoms with E-state index in [0.29, 0.717) is 11.3 Å². The molecule has 5 heteroatoms. The minimum Gasteiger partial charge on any atom is -0.496 e. The minimum absolute atomic E-state index is 0.456. The van der Waals surface area contributed by atoms with Crippen molar-refractivity contribution in [2.45, 2.75) is 6.18 Å². The van der Waals surface area contributed by atoms with Gasteiger partial charge >= 0.3 is 6.18 Å². The van der Waals surface area contributed by atoms with Crippen molar-refractivity contribution in [1.82, 2.24) is 0 Å². The van der Waals surface area contributed by atoms with Crippen molar-refractivity contribution in [2.75, 3.05) is 12.9 Å². The van der Waals surface area contributed by atoms with Crippen LogP contribution in [0.5, 0.6) is 5.75 Å². The molecule has 0 saturated carbocycles. The molecule has 0 spiro atoms. The summed E-state index contributed by atoms with van der Waals surface area (Å²) in [6.45, 7) is 0. The lowest BCUT2D eigenvalue weighted by atomic mass is 10.1. The summed E-state index contributed by atoms with van der Waals surface area (Å²) < 4.78 is 43.2. The summed E-state index contributed by atoms with van der Waals surface area (Å²) in [5.74, 6) is 1.21. The van der Waals surface area contributed by atoms with Crippen LogP contribution < -0.4 is 4.74 Å². The zero-order valence-electron chi connectivity index (χ0n) is 9.62. The van der Waals surface area contributed by atoms with Crippen LogP contribution in [0.4, 0.5) is 13.2 Å². The summed E-state index contributed by atoms with van der Waals surface area (Å²) >= 11 is 1.49. The van der Waals surface area contributed by atoms with Crippen molar-refractivity contribution in [2.24, 2.45) is 0 Å². The monoisotopic (exact) mass is 272 g/mol. The summed E-state index contributed by atoms with van der Waals surface area (Å²) in [6, 6.07) is 3.53. The second-order valence-electron chi connectivity index (χ2n) is 3.68. The highest BCUT2D eigenvalue weighted by Crippen LogP contribution is 2.39. The number of alkyl halides is 3. The molecule has 0 N–H and O–H groups in total. The Kier molecular flexibility index (Phi) is 3.71. The lowest BCUT2D eigenvalue weighted by Crippen LogP contribution is -2.06. The van der Waals surface area contributed by atoms with Crippen LogP contribution in [0.2, 0.25) is 0 Å². The molecule has 1 nitrogen and oxygen atoms in total. The van der Waals surface area contributed by atoms with E-state index in [1.165, 1.54) is 24.9 Å². The fourth-order valence-corrected chi connectivity index (χ4v) is 2.52. The van der Waals surface area contributed by atoms with E-state index in [2.05, 4.69) is 0 Å². The van der Waals surface area contributed by atoms with Gasteiger partial charge in [-0.3, -0.25) is 0 Å². The summed E-state index contributed by atoms with van der Waals surface area (Å²) in [5, 5.41) is 0. The van der Waals surface area contributed by atoms with E-state index in [9.17, 15) is 13.2 Å². The number of methoxy groups -OCH3 is 1. The molecule has 1 heterocycles. The zero-order chi connectivity index (χ0) is 13.2. The fourth-order valence-electron chi connectivity index (χ4n) is 1.64. The van der Waals surface area contributed by atoms with Crippen molar-refractivity contribution in [3.8, 4) is 5.75 Å². The Labute approximate surface area is 107 Å². The molecule has 1 aromatic rings. The highest BCUT2D eigenvalue weighted by molar-refractivity contribution is 8.08. The Morgan fingerprint density at radius 3 is 2.61 bits per heavy atom. The first-order chi connectivity index (χ1) is 8.52. The maximum absolute atomic E-state index is 12.7. The van der Waals surface area contributed by atoms with E-state index >= 15 is 0 Å². The number of hydrogen-bond donors (Lipinski definition) is 0. The number of rotatable bonds is 2. The van der Waals surface area contributed by atoms with Gasteiger partial charge in [0.1, 0.15) is 5.75 Å². The van der Waals surface area contributed by atoms with Gasteiger partial charge in [0.2, 0.25) is 0 Å². The van der Waals surface area contributed by atoms with E-state index in [-0.39, 0.29) is 0 Å². The molecule has 1 aliphatic heterocycles. The SMILES string of the molecule is COc1ccc(C(F)(F)F)cc1C1=CC=CCS1. The number of thioether (sulfide) groups is 1. The average molecular weight is 272 g/mol. The molecular weight excluding hydrogens is 261 g/mol. The average Bonchev–Trinajstić information content (AvgIpc) is 2.38. The van der Waals surface area contributed by atoms with E-state index in [4.69, 9.17) is 4.74 Å². The summed E-state index contributed by atoms with van der Waals surface area (Å²) in [7, 11) is 1.45. The van der Waals surface area contributed by atoms with Crippen molar-refractivity contribution >= 4 is 16.7 Å². The number of benzene rings is 1. The van der Waals surface area contributed by atoms with E-state index < -0.39 is 11.7 Å². The van der Waals surface area contributed by atoms with Gasteiger partial charge in [-0.25, -0.2) is 0 Å². The van der Waals surface area contributed by atoms with Crippen molar-refractivity contribution < 1.29 is 17.9 Å². The third-order valence-electron chi connectivity index (χ3n) is 2.51. The van der Waals surface area contributed by atoms with Gasteiger partial charge in [0.15, 0.2) is 0 Å². The quantitative estimate of drug-likeness (QED) is 0.791. The number of ether oxygens (including phenoxy) is 1. The smallest absolute Gasteiger partial charge is 0.416 e. The molecule has 0 aromatic heterocycles. The molecule has 2 rings (SSSR count). The molecule has 18 heavy (non-hydrogen) atoms. The highest BCUT2D eigenvalue weighted by Gasteiger charge is 2.31. The van der Waals surface area contributed by atoms with Gasteiger partial charge in [-0.15, -0.1) is 11.8 Å². The van der Waals surface area contributed by atoms with Crippen LogP contribution in [-0.4, -0.2) is 12.9 Å². The first kappa shape index (κ1) is 13.1. The number of allylic oxidation sites excluding steroid dienone is 2. The van der Waals surface area contributed by atoms with E-state index in [0.717, 1.165) is 22.8 Å². The molecule has 96 valence electrons. The van der Waals surface area contributed by atoms with Crippen LogP contribution in [0.3, 0.4) is 0 Å². The Bertz CT molecular complexity index is 503. The first-order valence-electron chi connectivity index (χ1n) is 5.27. The van der Waals surface area contributed by atoms with Crippen LogP contribution in [0.1, 0.15) is 11.1 Å². The molecule has 1 aromatic carbocycles. The third-order valence-corrected chi connectivity index (χ3v) is 3.54. The Hall–Kier alpha value is -1.36. The maximum atomic E-state index is 12.7. The van der Waals surface area contributed by atoms with Crippen molar-refractivity contribution in [3.63, 3.8) is 0 Å². The maximum Gasteiger partial charge on any atom is 0.416 e. The summed E-state index contributed by atoms with van der Waals surface area (Å²) in [4.78, 5) is 0.792. The highest BCUT2D eigenvalue weighted by atomic mass is 32.2. The Morgan fingerprint density at radius 1 is 1.28 bits per heavy atom.